The van der Waals surface area contributed by atoms with Crippen molar-refractivity contribution in [2.45, 2.75) is 18.7 Å². The minimum absolute atomic E-state index is 0.000216. The molecule has 0 aliphatic heterocycles. The molecule has 0 fully saturated rings. The van der Waals surface area contributed by atoms with E-state index in [2.05, 4.69) is 33.4 Å². The van der Waals surface area contributed by atoms with Crippen LogP contribution in [0.15, 0.2) is 41.6 Å². The summed E-state index contributed by atoms with van der Waals surface area (Å²) in [6, 6.07) is 7.71. The van der Waals surface area contributed by atoms with E-state index in [0.717, 1.165) is 19.6 Å². The number of hydrogen-bond acceptors (Lipinski definition) is 9. The molecule has 34 heavy (non-hydrogen) atoms. The van der Waals surface area contributed by atoms with Crippen molar-refractivity contribution in [3.05, 3.63) is 36.7 Å². The number of fused-ring (bicyclic) bond motifs is 1. The standard InChI is InChI=1S/C23H30N4O6S/c1-6-27(7-2)10-11-33-22-14-18-17(13-21(22)32-5)23(25-15-24-18)26-34(28,29)16-8-9-19(30-3)20(12-16)31-4/h8-9,12-15H,6-7,10-11H2,1-5H3,(H,24,25,26). The fourth-order valence-electron chi connectivity index (χ4n) is 3.41. The van der Waals surface area contributed by atoms with Gasteiger partial charge in [-0.3, -0.25) is 4.72 Å². The molecule has 0 saturated carbocycles. The minimum Gasteiger partial charge on any atom is -0.493 e. The summed E-state index contributed by atoms with van der Waals surface area (Å²) in [6.07, 6.45) is 1.29. The van der Waals surface area contributed by atoms with Crippen LogP contribution < -0.4 is 23.7 Å². The smallest absolute Gasteiger partial charge is 0.263 e. The lowest BCUT2D eigenvalue weighted by Gasteiger charge is -2.19. The Morgan fingerprint density at radius 1 is 0.882 bits per heavy atom. The van der Waals surface area contributed by atoms with Crippen molar-refractivity contribution in [2.24, 2.45) is 0 Å². The Morgan fingerprint density at radius 2 is 1.56 bits per heavy atom. The molecular formula is C23H30N4O6S. The van der Waals surface area contributed by atoms with E-state index in [9.17, 15) is 8.42 Å². The van der Waals surface area contributed by atoms with E-state index in [1.807, 2.05) is 0 Å². The molecule has 11 heteroatoms. The van der Waals surface area contributed by atoms with Crippen molar-refractivity contribution in [2.75, 3.05) is 52.3 Å². The molecule has 2 aromatic carbocycles. The van der Waals surface area contributed by atoms with E-state index in [4.69, 9.17) is 18.9 Å². The molecule has 10 nitrogen and oxygen atoms in total. The predicted molar refractivity (Wildman–Crippen MR) is 130 cm³/mol. The molecular weight excluding hydrogens is 460 g/mol. The predicted octanol–water partition coefficient (Wildman–Crippen LogP) is 3.18. The monoisotopic (exact) mass is 490 g/mol. The van der Waals surface area contributed by atoms with Gasteiger partial charge in [-0.25, -0.2) is 18.4 Å². The topological polar surface area (TPSA) is 112 Å². The lowest BCUT2D eigenvalue weighted by Crippen LogP contribution is -2.27. The summed E-state index contributed by atoms with van der Waals surface area (Å²) >= 11 is 0. The summed E-state index contributed by atoms with van der Waals surface area (Å²) in [5, 5.41) is 0.472. The van der Waals surface area contributed by atoms with Gasteiger partial charge in [0, 0.05) is 24.1 Å². The summed E-state index contributed by atoms with van der Waals surface area (Å²) in [5.41, 5.74) is 0.513. The third-order valence-electron chi connectivity index (χ3n) is 5.38. The summed E-state index contributed by atoms with van der Waals surface area (Å²) in [6.45, 7) is 7.32. The maximum Gasteiger partial charge on any atom is 0.263 e. The van der Waals surface area contributed by atoms with E-state index in [0.29, 0.717) is 40.5 Å². The van der Waals surface area contributed by atoms with Gasteiger partial charge in [0.15, 0.2) is 28.8 Å². The summed E-state index contributed by atoms with van der Waals surface area (Å²) in [4.78, 5) is 10.7. The molecule has 0 radical (unpaired) electrons. The molecule has 3 aromatic rings. The summed E-state index contributed by atoms with van der Waals surface area (Å²) in [5.74, 6) is 1.81. The Morgan fingerprint density at radius 3 is 2.21 bits per heavy atom. The maximum atomic E-state index is 13.1. The number of ether oxygens (including phenoxy) is 4. The normalized spacial score (nSPS) is 11.5. The van der Waals surface area contributed by atoms with Crippen molar-refractivity contribution in [1.29, 1.82) is 0 Å². The maximum absolute atomic E-state index is 13.1. The summed E-state index contributed by atoms with van der Waals surface area (Å²) in [7, 11) is 0.465. The van der Waals surface area contributed by atoms with Gasteiger partial charge in [-0.2, -0.15) is 0 Å². The number of rotatable bonds is 12. The van der Waals surface area contributed by atoms with Crippen LogP contribution in [0.4, 0.5) is 5.82 Å². The highest BCUT2D eigenvalue weighted by molar-refractivity contribution is 7.92. The Hall–Kier alpha value is -3.31. The zero-order valence-corrected chi connectivity index (χ0v) is 20.8. The van der Waals surface area contributed by atoms with Crippen LogP contribution in [-0.2, 0) is 10.0 Å². The first kappa shape index (κ1) is 25.3. The Balaban J connectivity index is 1.91. The highest BCUT2D eigenvalue weighted by Gasteiger charge is 2.20. The van der Waals surface area contributed by atoms with Crippen molar-refractivity contribution >= 4 is 26.7 Å². The zero-order valence-electron chi connectivity index (χ0n) is 20.0. The van der Waals surface area contributed by atoms with Crippen LogP contribution in [0.3, 0.4) is 0 Å². The van der Waals surface area contributed by atoms with Gasteiger partial charge in [-0.05, 0) is 31.3 Å². The van der Waals surface area contributed by atoms with Gasteiger partial charge in [0.05, 0.1) is 31.7 Å². The SMILES string of the molecule is CCN(CC)CCOc1cc2ncnc(NS(=O)(=O)c3ccc(OC)c(OC)c3)c2cc1OC. The van der Waals surface area contributed by atoms with Gasteiger partial charge in [-0.15, -0.1) is 0 Å². The number of hydrogen-bond donors (Lipinski definition) is 1. The lowest BCUT2D eigenvalue weighted by molar-refractivity contribution is 0.217. The average molecular weight is 491 g/mol. The lowest BCUT2D eigenvalue weighted by atomic mass is 10.2. The van der Waals surface area contributed by atoms with Crippen LogP contribution in [0, 0.1) is 0 Å². The first-order valence-corrected chi connectivity index (χ1v) is 12.3. The quantitative estimate of drug-likeness (QED) is 0.409. The average Bonchev–Trinajstić information content (AvgIpc) is 2.85. The molecule has 1 N–H and O–H groups in total. The molecule has 0 aliphatic carbocycles. The van der Waals surface area contributed by atoms with E-state index >= 15 is 0 Å². The Labute approximate surface area is 199 Å². The number of sulfonamides is 1. The van der Waals surface area contributed by atoms with Crippen molar-refractivity contribution in [3.8, 4) is 23.0 Å². The molecule has 0 aliphatic rings. The fraction of sp³-hybridized carbons (Fsp3) is 0.391. The van der Waals surface area contributed by atoms with Gasteiger partial charge in [0.2, 0.25) is 0 Å². The molecule has 0 bridgehead atoms. The first-order chi connectivity index (χ1) is 16.4. The van der Waals surface area contributed by atoms with Crippen LogP contribution >= 0.6 is 0 Å². The third kappa shape index (κ3) is 5.60. The number of methoxy groups -OCH3 is 3. The zero-order chi connectivity index (χ0) is 24.7. The number of nitrogens with zero attached hydrogens (tertiary/aromatic N) is 3. The fourth-order valence-corrected chi connectivity index (χ4v) is 4.46. The van der Waals surface area contributed by atoms with E-state index in [1.54, 1.807) is 12.1 Å². The van der Waals surface area contributed by atoms with Crippen LogP contribution in [0.5, 0.6) is 23.0 Å². The van der Waals surface area contributed by atoms with Crippen molar-refractivity contribution in [3.63, 3.8) is 0 Å². The number of nitrogens with one attached hydrogen (secondary N) is 1. The molecule has 184 valence electrons. The highest BCUT2D eigenvalue weighted by Crippen LogP contribution is 2.35. The van der Waals surface area contributed by atoms with Gasteiger partial charge < -0.3 is 23.8 Å². The number of anilines is 1. The largest absolute Gasteiger partial charge is 0.493 e. The van der Waals surface area contributed by atoms with Gasteiger partial charge in [-0.1, -0.05) is 13.8 Å². The van der Waals surface area contributed by atoms with Crippen LogP contribution in [0.2, 0.25) is 0 Å². The molecule has 1 heterocycles. The molecule has 0 saturated heterocycles. The van der Waals surface area contributed by atoms with Gasteiger partial charge in [0.25, 0.3) is 10.0 Å². The van der Waals surface area contributed by atoms with Crippen molar-refractivity contribution < 1.29 is 27.4 Å². The molecule has 0 amide bonds. The Kier molecular flexibility index (Phi) is 8.35. The molecule has 1 aromatic heterocycles. The molecule has 0 spiro atoms. The molecule has 3 rings (SSSR count). The second kappa shape index (κ2) is 11.2. The van der Waals surface area contributed by atoms with E-state index < -0.39 is 10.0 Å². The van der Waals surface area contributed by atoms with Crippen LogP contribution in [0.25, 0.3) is 10.9 Å². The van der Waals surface area contributed by atoms with E-state index in [1.165, 1.54) is 45.9 Å². The number of benzene rings is 2. The van der Waals surface area contributed by atoms with E-state index in [-0.39, 0.29) is 10.7 Å². The number of likely N-dealkylation sites (N-methyl/N-ethyl adjacent to an activating group) is 1. The molecule has 0 unspecified atom stereocenters. The van der Waals surface area contributed by atoms with Gasteiger partial charge in [0.1, 0.15) is 12.9 Å². The highest BCUT2D eigenvalue weighted by atomic mass is 32.2. The Bertz CT molecular complexity index is 1230. The second-order valence-corrected chi connectivity index (χ2v) is 8.92. The third-order valence-corrected chi connectivity index (χ3v) is 6.71. The van der Waals surface area contributed by atoms with Gasteiger partial charge >= 0.3 is 0 Å². The number of aromatic nitrogens is 2. The summed E-state index contributed by atoms with van der Waals surface area (Å²) < 4.78 is 50.5. The van der Waals surface area contributed by atoms with Crippen molar-refractivity contribution in [1.82, 2.24) is 14.9 Å². The first-order valence-electron chi connectivity index (χ1n) is 10.8. The minimum atomic E-state index is -3.98. The van der Waals surface area contributed by atoms with Crippen LogP contribution in [0.1, 0.15) is 13.8 Å². The second-order valence-electron chi connectivity index (χ2n) is 7.24. The molecule has 0 atom stereocenters. The van der Waals surface area contributed by atoms with Crippen LogP contribution in [-0.4, -0.2) is 70.9 Å².